The van der Waals surface area contributed by atoms with E-state index in [1.165, 1.54) is 17.0 Å². The molecule has 2 heterocycles. The molecule has 0 bridgehead atoms. The van der Waals surface area contributed by atoms with Gasteiger partial charge < -0.3 is 10.3 Å². The smallest absolute Gasteiger partial charge is 0.203 e. The van der Waals surface area contributed by atoms with Gasteiger partial charge in [-0.05, 0) is 50.4 Å². The number of carbonyl (C=O) groups excluding carboxylic acids is 1. The van der Waals surface area contributed by atoms with Gasteiger partial charge in [0.1, 0.15) is 4.83 Å². The van der Waals surface area contributed by atoms with Crippen molar-refractivity contribution in [3.8, 4) is 0 Å². The van der Waals surface area contributed by atoms with Crippen LogP contribution in [0.15, 0.2) is 36.4 Å². The second-order valence-corrected chi connectivity index (χ2v) is 6.76. The van der Waals surface area contributed by atoms with Gasteiger partial charge in [-0.3, -0.25) is 4.79 Å². The number of thiol groups is 1. The van der Waals surface area contributed by atoms with Crippen LogP contribution >= 0.6 is 35.6 Å². The van der Waals surface area contributed by atoms with E-state index < -0.39 is 0 Å². The number of aryl methyl sites for hydroxylation is 2. The van der Waals surface area contributed by atoms with Crippen LogP contribution < -0.4 is 5.73 Å². The van der Waals surface area contributed by atoms with Gasteiger partial charge in [0, 0.05) is 28.2 Å². The SMILES string of the molecule is CS.Cc1cc2cc(C(=O)c3cccc(Cl)c3)sc2n1CCCN. The zero-order valence-electron chi connectivity index (χ0n) is 13.8. The lowest BCUT2D eigenvalue weighted by Gasteiger charge is -2.05. The van der Waals surface area contributed by atoms with Gasteiger partial charge in [0.25, 0.3) is 0 Å². The van der Waals surface area contributed by atoms with Crippen LogP contribution in [0.1, 0.15) is 27.3 Å². The topological polar surface area (TPSA) is 48.0 Å². The van der Waals surface area contributed by atoms with Crippen molar-refractivity contribution in [1.29, 1.82) is 0 Å². The number of hydrogen-bond donors (Lipinski definition) is 2. The highest BCUT2D eigenvalue weighted by molar-refractivity contribution is 7.79. The molecule has 3 nitrogen and oxygen atoms in total. The standard InChI is InChI=1S/C17H17ClN2OS.CH4S/c1-11-8-13-10-15(22-17(13)20(11)7-3-6-19)16(21)12-4-2-5-14(18)9-12;1-2/h2,4-5,8-10H,3,6-7,19H2,1H3;2H,1H3. The Bertz CT molecular complexity index is 839. The Morgan fingerprint density at radius 3 is 2.71 bits per heavy atom. The number of benzene rings is 1. The number of halogens is 1. The zero-order valence-corrected chi connectivity index (χ0v) is 16.2. The predicted molar refractivity (Wildman–Crippen MR) is 108 cm³/mol. The van der Waals surface area contributed by atoms with E-state index in [1.807, 2.05) is 6.07 Å². The van der Waals surface area contributed by atoms with Crippen LogP contribution in [0.2, 0.25) is 5.02 Å². The molecular weight excluding hydrogens is 360 g/mol. The zero-order chi connectivity index (χ0) is 17.7. The van der Waals surface area contributed by atoms with E-state index in [9.17, 15) is 4.79 Å². The first-order valence-electron chi connectivity index (χ1n) is 7.65. The molecule has 0 amide bonds. The van der Waals surface area contributed by atoms with Gasteiger partial charge in [-0.15, -0.1) is 11.3 Å². The number of thiophene rings is 1. The molecule has 128 valence electrons. The highest BCUT2D eigenvalue weighted by atomic mass is 35.5. The highest BCUT2D eigenvalue weighted by Gasteiger charge is 2.16. The summed E-state index contributed by atoms with van der Waals surface area (Å²) in [6, 6.07) is 11.2. The number of fused-ring (bicyclic) bond motifs is 1. The van der Waals surface area contributed by atoms with Crippen LogP contribution in [-0.2, 0) is 6.54 Å². The molecule has 0 aliphatic rings. The summed E-state index contributed by atoms with van der Waals surface area (Å²) in [5.74, 6) is 0.0201. The Hall–Kier alpha value is -1.27. The molecule has 0 atom stereocenters. The van der Waals surface area contributed by atoms with Crippen LogP contribution in [0.5, 0.6) is 0 Å². The summed E-state index contributed by atoms with van der Waals surface area (Å²) in [6.45, 7) is 3.64. The summed E-state index contributed by atoms with van der Waals surface area (Å²) in [7, 11) is 0. The van der Waals surface area contributed by atoms with Gasteiger partial charge in [0.05, 0.1) is 4.88 Å². The van der Waals surface area contributed by atoms with E-state index in [1.54, 1.807) is 30.5 Å². The lowest BCUT2D eigenvalue weighted by molar-refractivity contribution is 0.104. The van der Waals surface area contributed by atoms with Crippen molar-refractivity contribution in [3.05, 3.63) is 57.6 Å². The van der Waals surface area contributed by atoms with E-state index in [-0.39, 0.29) is 5.78 Å². The average Bonchev–Trinajstić information content (AvgIpc) is 3.11. The normalized spacial score (nSPS) is 10.5. The van der Waals surface area contributed by atoms with Gasteiger partial charge in [-0.2, -0.15) is 12.6 Å². The molecule has 0 aliphatic carbocycles. The molecule has 0 spiro atoms. The number of nitrogens with two attached hydrogens (primary N) is 1. The number of rotatable bonds is 5. The maximum absolute atomic E-state index is 12.6. The molecule has 3 aromatic rings. The molecule has 0 fully saturated rings. The molecule has 2 aromatic heterocycles. The molecule has 0 saturated heterocycles. The third kappa shape index (κ3) is 4.03. The number of hydrogen-bond acceptors (Lipinski definition) is 4. The molecule has 0 unspecified atom stereocenters. The summed E-state index contributed by atoms with van der Waals surface area (Å²) in [5.41, 5.74) is 7.44. The minimum atomic E-state index is 0.0201. The van der Waals surface area contributed by atoms with Gasteiger partial charge >= 0.3 is 0 Å². The van der Waals surface area contributed by atoms with Crippen molar-refractivity contribution in [2.24, 2.45) is 5.73 Å². The van der Waals surface area contributed by atoms with Crippen molar-refractivity contribution >= 4 is 51.6 Å². The molecule has 1 aromatic carbocycles. The lowest BCUT2D eigenvalue weighted by Crippen LogP contribution is -2.06. The summed E-state index contributed by atoms with van der Waals surface area (Å²) >= 11 is 11.0. The summed E-state index contributed by atoms with van der Waals surface area (Å²) < 4.78 is 2.24. The van der Waals surface area contributed by atoms with Crippen molar-refractivity contribution in [1.82, 2.24) is 4.57 Å². The van der Waals surface area contributed by atoms with E-state index in [2.05, 4.69) is 30.2 Å². The van der Waals surface area contributed by atoms with Crippen molar-refractivity contribution < 1.29 is 4.79 Å². The van der Waals surface area contributed by atoms with Crippen molar-refractivity contribution in [2.45, 2.75) is 19.9 Å². The largest absolute Gasteiger partial charge is 0.337 e. The first-order valence-corrected chi connectivity index (χ1v) is 9.74. The predicted octanol–water partition coefficient (Wildman–Crippen LogP) is 4.79. The van der Waals surface area contributed by atoms with Gasteiger partial charge in [0.15, 0.2) is 0 Å². The van der Waals surface area contributed by atoms with Crippen LogP contribution in [0, 0.1) is 6.92 Å². The molecule has 0 radical (unpaired) electrons. The molecule has 0 aliphatic heterocycles. The number of aromatic nitrogens is 1. The van der Waals surface area contributed by atoms with E-state index in [4.69, 9.17) is 17.3 Å². The fourth-order valence-electron chi connectivity index (χ4n) is 2.58. The Labute approximate surface area is 156 Å². The second kappa shape index (κ2) is 8.72. The molecule has 3 rings (SSSR count). The number of carbonyl (C=O) groups is 1. The lowest BCUT2D eigenvalue weighted by atomic mass is 10.1. The molecule has 6 heteroatoms. The number of ketones is 1. The minimum Gasteiger partial charge on any atom is -0.337 e. The second-order valence-electron chi connectivity index (χ2n) is 5.29. The van der Waals surface area contributed by atoms with Crippen LogP contribution in [0.3, 0.4) is 0 Å². The quantitative estimate of drug-likeness (QED) is 0.493. The van der Waals surface area contributed by atoms with E-state index in [0.717, 1.165) is 28.1 Å². The van der Waals surface area contributed by atoms with Crippen molar-refractivity contribution in [2.75, 3.05) is 12.8 Å². The van der Waals surface area contributed by atoms with Gasteiger partial charge in [-0.25, -0.2) is 0 Å². The Kier molecular flexibility index (Phi) is 6.92. The molecule has 0 saturated carbocycles. The Morgan fingerprint density at radius 1 is 1.29 bits per heavy atom. The first-order chi connectivity index (χ1) is 11.6. The maximum atomic E-state index is 12.6. The minimum absolute atomic E-state index is 0.0201. The third-order valence-electron chi connectivity index (χ3n) is 3.67. The molecular formula is C18H21ClN2OS2. The first kappa shape index (κ1) is 19.1. The van der Waals surface area contributed by atoms with E-state index >= 15 is 0 Å². The maximum Gasteiger partial charge on any atom is 0.203 e. The number of nitrogens with zero attached hydrogens (tertiary/aromatic N) is 1. The Balaban J connectivity index is 0.00000100. The third-order valence-corrected chi connectivity index (χ3v) is 5.08. The van der Waals surface area contributed by atoms with Crippen LogP contribution in [0.25, 0.3) is 10.2 Å². The van der Waals surface area contributed by atoms with Crippen molar-refractivity contribution in [3.63, 3.8) is 0 Å². The summed E-state index contributed by atoms with van der Waals surface area (Å²) in [5, 5.41) is 1.69. The summed E-state index contributed by atoms with van der Waals surface area (Å²) in [6.07, 6.45) is 2.63. The van der Waals surface area contributed by atoms with Gasteiger partial charge in [0.2, 0.25) is 5.78 Å². The summed E-state index contributed by atoms with van der Waals surface area (Å²) in [4.78, 5) is 14.5. The fraction of sp³-hybridized carbons (Fsp3) is 0.278. The highest BCUT2D eigenvalue weighted by Crippen LogP contribution is 2.31. The van der Waals surface area contributed by atoms with Crippen LogP contribution in [0.4, 0.5) is 0 Å². The Morgan fingerprint density at radius 2 is 2.04 bits per heavy atom. The monoisotopic (exact) mass is 380 g/mol. The average molecular weight is 381 g/mol. The molecule has 24 heavy (non-hydrogen) atoms. The van der Waals surface area contributed by atoms with Crippen LogP contribution in [-0.4, -0.2) is 23.2 Å². The van der Waals surface area contributed by atoms with Gasteiger partial charge in [-0.1, -0.05) is 23.7 Å². The van der Waals surface area contributed by atoms with E-state index in [0.29, 0.717) is 17.1 Å². The fourth-order valence-corrected chi connectivity index (χ4v) is 3.96. The molecule has 2 N–H and O–H groups in total.